The summed E-state index contributed by atoms with van der Waals surface area (Å²) in [6, 6.07) is 27.2. The van der Waals surface area contributed by atoms with E-state index in [1.54, 1.807) is 6.07 Å². The number of aromatic nitrogens is 2. The van der Waals surface area contributed by atoms with Gasteiger partial charge in [0.25, 0.3) is 5.88 Å². The predicted octanol–water partition coefficient (Wildman–Crippen LogP) is 5.34. The number of ketones is 1. The number of hydrogen-bond acceptors (Lipinski definition) is 6. The Kier molecular flexibility index (Phi) is 6.47. The van der Waals surface area contributed by atoms with Crippen LogP contribution >= 0.6 is 0 Å². The minimum atomic E-state index is 0.164. The minimum Gasteiger partial charge on any atom is -0.487 e. The molecule has 3 aromatic carbocycles. The van der Waals surface area contributed by atoms with E-state index < -0.39 is 0 Å². The first-order valence-electron chi connectivity index (χ1n) is 11.2. The van der Waals surface area contributed by atoms with Gasteiger partial charge in [0.1, 0.15) is 31.3 Å². The number of nitrogens with zero attached hydrogens (tertiary/aromatic N) is 2. The van der Waals surface area contributed by atoms with E-state index in [-0.39, 0.29) is 12.4 Å². The molecule has 1 aliphatic carbocycles. The summed E-state index contributed by atoms with van der Waals surface area (Å²) in [5.74, 6) is 1.70. The van der Waals surface area contributed by atoms with E-state index in [9.17, 15) is 4.79 Å². The van der Waals surface area contributed by atoms with Gasteiger partial charge in [-0.05, 0) is 23.6 Å². The summed E-state index contributed by atoms with van der Waals surface area (Å²) < 4.78 is 18.0. The van der Waals surface area contributed by atoms with Crippen molar-refractivity contribution in [3.63, 3.8) is 0 Å². The van der Waals surface area contributed by atoms with Crippen LogP contribution in [0, 0.1) is 0 Å². The molecule has 0 bridgehead atoms. The van der Waals surface area contributed by atoms with E-state index >= 15 is 0 Å². The third-order valence-corrected chi connectivity index (χ3v) is 5.64. The molecule has 1 aromatic heterocycles. The third kappa shape index (κ3) is 5.07. The van der Waals surface area contributed by atoms with Crippen molar-refractivity contribution < 1.29 is 19.0 Å². The van der Waals surface area contributed by atoms with Crippen molar-refractivity contribution in [1.29, 1.82) is 0 Å². The molecule has 0 N–H and O–H groups in total. The Morgan fingerprint density at radius 2 is 1.32 bits per heavy atom. The maximum absolute atomic E-state index is 12.0. The molecule has 170 valence electrons. The minimum absolute atomic E-state index is 0.164. The first-order chi connectivity index (χ1) is 16.8. The summed E-state index contributed by atoms with van der Waals surface area (Å²) in [5.41, 5.74) is 4.38. The molecule has 0 fully saturated rings. The molecular formula is C28H24N2O4. The second-order valence-electron chi connectivity index (χ2n) is 8.05. The summed E-state index contributed by atoms with van der Waals surface area (Å²) >= 11 is 0. The number of fused-ring (bicyclic) bond motifs is 1. The number of Topliss-reactive ketones (excluding diaryl/α,β-unsaturated/α-hetero) is 1. The Morgan fingerprint density at radius 3 is 2.06 bits per heavy atom. The lowest BCUT2D eigenvalue weighted by Gasteiger charge is -2.14. The Balaban J connectivity index is 1.33. The predicted molar refractivity (Wildman–Crippen MR) is 127 cm³/mol. The second kappa shape index (κ2) is 10.2. The van der Waals surface area contributed by atoms with Crippen LogP contribution < -0.4 is 14.2 Å². The molecular weight excluding hydrogens is 428 g/mol. The quantitative estimate of drug-likeness (QED) is 0.341. The number of carbonyl (C=O) groups is 1. The van der Waals surface area contributed by atoms with Gasteiger partial charge in [-0.25, -0.2) is 0 Å². The fourth-order valence-electron chi connectivity index (χ4n) is 3.88. The molecule has 0 unspecified atom stereocenters. The highest BCUT2D eigenvalue weighted by Crippen LogP contribution is 2.31. The van der Waals surface area contributed by atoms with Crippen LogP contribution in [0.15, 0.2) is 84.9 Å². The number of ether oxygens (including phenoxy) is 3. The zero-order chi connectivity index (χ0) is 23.2. The Labute approximate surface area is 198 Å². The van der Waals surface area contributed by atoms with Gasteiger partial charge < -0.3 is 14.2 Å². The van der Waals surface area contributed by atoms with Gasteiger partial charge in [0.15, 0.2) is 11.5 Å². The Bertz CT molecular complexity index is 1280. The molecule has 0 amide bonds. The van der Waals surface area contributed by atoms with Gasteiger partial charge in [-0.15, -0.1) is 10.2 Å². The van der Waals surface area contributed by atoms with Gasteiger partial charge in [0, 0.05) is 23.6 Å². The molecule has 6 nitrogen and oxygen atoms in total. The van der Waals surface area contributed by atoms with Gasteiger partial charge in [-0.3, -0.25) is 4.79 Å². The van der Waals surface area contributed by atoms with Crippen LogP contribution in [-0.2, 0) is 26.2 Å². The summed E-state index contributed by atoms with van der Waals surface area (Å²) in [5, 5.41) is 8.55. The maximum Gasteiger partial charge on any atom is 0.276 e. The van der Waals surface area contributed by atoms with Crippen LogP contribution in [0.25, 0.3) is 0 Å². The lowest BCUT2D eigenvalue weighted by atomic mass is 10.1. The van der Waals surface area contributed by atoms with Gasteiger partial charge in [0.05, 0.1) is 0 Å². The number of rotatable bonds is 9. The molecule has 1 heterocycles. The Morgan fingerprint density at radius 1 is 0.647 bits per heavy atom. The van der Waals surface area contributed by atoms with Crippen molar-refractivity contribution in [2.24, 2.45) is 0 Å². The highest BCUT2D eigenvalue weighted by molar-refractivity contribution is 6.01. The van der Waals surface area contributed by atoms with Crippen molar-refractivity contribution >= 4 is 5.78 Å². The van der Waals surface area contributed by atoms with E-state index in [0.717, 1.165) is 22.3 Å². The summed E-state index contributed by atoms with van der Waals surface area (Å²) in [6.07, 6.45) is 1.23. The number of hydrogen-bond donors (Lipinski definition) is 0. The van der Waals surface area contributed by atoms with Crippen molar-refractivity contribution in [2.45, 2.75) is 32.7 Å². The number of benzene rings is 3. The van der Waals surface area contributed by atoms with Crippen molar-refractivity contribution in [3.8, 4) is 17.4 Å². The first kappa shape index (κ1) is 21.6. The maximum atomic E-state index is 12.0. The molecule has 4 aromatic rings. The second-order valence-corrected chi connectivity index (χ2v) is 8.05. The summed E-state index contributed by atoms with van der Waals surface area (Å²) in [4.78, 5) is 12.0. The molecule has 0 radical (unpaired) electrons. The smallest absolute Gasteiger partial charge is 0.276 e. The molecule has 0 saturated carbocycles. The highest BCUT2D eigenvalue weighted by Gasteiger charge is 2.22. The van der Waals surface area contributed by atoms with E-state index in [0.29, 0.717) is 49.1 Å². The average molecular weight is 453 g/mol. The largest absolute Gasteiger partial charge is 0.487 e. The standard InChI is InChI=1S/C28H24N2O4/c31-25-15-14-24-23(25)12-7-13-26(24)33-19-22-16-27(32-17-20-8-3-1-4-9-20)28(30-29-22)34-18-21-10-5-2-6-11-21/h1-13,16H,14-15,17-19H2. The molecule has 34 heavy (non-hydrogen) atoms. The zero-order valence-corrected chi connectivity index (χ0v) is 18.6. The van der Waals surface area contributed by atoms with Gasteiger partial charge >= 0.3 is 0 Å². The lowest BCUT2D eigenvalue weighted by Crippen LogP contribution is -2.07. The SMILES string of the molecule is O=C1CCc2c(OCc3cc(OCc4ccccc4)c(OCc4ccccc4)nn3)cccc21. The van der Waals surface area contributed by atoms with E-state index in [1.807, 2.05) is 78.9 Å². The summed E-state index contributed by atoms with van der Waals surface area (Å²) in [6.45, 7) is 0.943. The topological polar surface area (TPSA) is 70.5 Å². The third-order valence-electron chi connectivity index (χ3n) is 5.64. The zero-order valence-electron chi connectivity index (χ0n) is 18.6. The van der Waals surface area contributed by atoms with Crippen molar-refractivity contribution in [1.82, 2.24) is 10.2 Å². The highest BCUT2D eigenvalue weighted by atomic mass is 16.5. The van der Waals surface area contributed by atoms with E-state index in [4.69, 9.17) is 14.2 Å². The first-order valence-corrected chi connectivity index (χ1v) is 11.2. The molecule has 6 heteroatoms. The van der Waals surface area contributed by atoms with Crippen molar-refractivity contribution in [3.05, 3.63) is 113 Å². The number of carbonyl (C=O) groups excluding carboxylic acids is 1. The van der Waals surface area contributed by atoms with E-state index in [2.05, 4.69) is 10.2 Å². The van der Waals surface area contributed by atoms with E-state index in [1.165, 1.54) is 0 Å². The molecule has 0 aliphatic heterocycles. The van der Waals surface area contributed by atoms with Crippen LogP contribution in [0.5, 0.6) is 17.4 Å². The molecule has 0 saturated heterocycles. The van der Waals surface area contributed by atoms with Crippen LogP contribution in [0.1, 0.15) is 39.2 Å². The van der Waals surface area contributed by atoms with Crippen LogP contribution in [0.2, 0.25) is 0 Å². The average Bonchev–Trinajstić information content (AvgIpc) is 3.28. The van der Waals surface area contributed by atoms with Crippen LogP contribution in [0.3, 0.4) is 0 Å². The van der Waals surface area contributed by atoms with Crippen LogP contribution in [-0.4, -0.2) is 16.0 Å². The molecule has 5 rings (SSSR count). The van der Waals surface area contributed by atoms with Crippen LogP contribution in [0.4, 0.5) is 0 Å². The van der Waals surface area contributed by atoms with Gasteiger partial charge in [-0.2, -0.15) is 0 Å². The summed E-state index contributed by atoms with van der Waals surface area (Å²) in [7, 11) is 0. The van der Waals surface area contributed by atoms with Gasteiger partial charge in [0.2, 0.25) is 0 Å². The molecule has 0 spiro atoms. The fraction of sp³-hybridized carbons (Fsp3) is 0.179. The molecule has 0 atom stereocenters. The monoisotopic (exact) mass is 452 g/mol. The van der Waals surface area contributed by atoms with Gasteiger partial charge in [-0.1, -0.05) is 72.8 Å². The normalized spacial score (nSPS) is 12.3. The van der Waals surface area contributed by atoms with Crippen molar-refractivity contribution in [2.75, 3.05) is 0 Å². The lowest BCUT2D eigenvalue weighted by molar-refractivity contribution is 0.0994. The fourth-order valence-corrected chi connectivity index (χ4v) is 3.88. The molecule has 1 aliphatic rings. The Hall–Kier alpha value is -4.19.